The fourth-order valence-corrected chi connectivity index (χ4v) is 3.64. The maximum atomic E-state index is 14.3. The van der Waals surface area contributed by atoms with Crippen molar-refractivity contribution in [2.45, 2.75) is 6.54 Å². The Bertz CT molecular complexity index is 1150. The van der Waals surface area contributed by atoms with E-state index in [1.54, 1.807) is 12.3 Å². The molecular formula is C22H23FN4O4S. The Morgan fingerprint density at radius 3 is 2.72 bits per heavy atom. The van der Waals surface area contributed by atoms with Crippen LogP contribution in [0.5, 0.6) is 0 Å². The molecule has 0 unspecified atom stereocenters. The van der Waals surface area contributed by atoms with Crippen LogP contribution < -0.4 is 14.9 Å². The van der Waals surface area contributed by atoms with E-state index >= 15 is 0 Å². The molecule has 1 aliphatic heterocycles. The fraction of sp³-hybridized carbons (Fsp3) is 0.273. The zero-order chi connectivity index (χ0) is 23.1. The lowest BCUT2D eigenvalue weighted by molar-refractivity contribution is -0.116. The molecule has 0 radical (unpaired) electrons. The Hall–Kier alpha value is -3.42. The van der Waals surface area contributed by atoms with Crippen molar-refractivity contribution in [3.63, 3.8) is 0 Å². The van der Waals surface area contributed by atoms with E-state index in [-0.39, 0.29) is 23.7 Å². The number of rotatable bonds is 7. The van der Waals surface area contributed by atoms with Crippen LogP contribution in [0.1, 0.15) is 16.7 Å². The van der Waals surface area contributed by atoms with Gasteiger partial charge in [-0.15, -0.1) is 6.42 Å². The highest BCUT2D eigenvalue weighted by atomic mass is 32.2. The summed E-state index contributed by atoms with van der Waals surface area (Å²) in [6.45, 7) is 2.94. The number of morpholine rings is 1. The first kappa shape index (κ1) is 23.2. The molecule has 0 atom stereocenters. The highest BCUT2D eigenvalue weighted by molar-refractivity contribution is 7.92. The summed E-state index contributed by atoms with van der Waals surface area (Å²) in [7, 11) is -3.69. The minimum absolute atomic E-state index is 0.0160. The molecule has 2 N–H and O–H groups in total. The van der Waals surface area contributed by atoms with Crippen molar-refractivity contribution >= 4 is 33.5 Å². The van der Waals surface area contributed by atoms with Gasteiger partial charge >= 0.3 is 0 Å². The van der Waals surface area contributed by atoms with Crippen molar-refractivity contribution < 1.29 is 22.3 Å². The maximum Gasteiger partial charge on any atom is 0.244 e. The molecule has 168 valence electrons. The lowest BCUT2D eigenvalue weighted by Crippen LogP contribution is -2.36. The normalized spacial score (nSPS) is 14.2. The van der Waals surface area contributed by atoms with Crippen molar-refractivity contribution in [1.29, 1.82) is 0 Å². The second kappa shape index (κ2) is 10.3. The molecule has 2 aromatic rings. The van der Waals surface area contributed by atoms with Crippen LogP contribution in [0.2, 0.25) is 0 Å². The number of sulfonamides is 1. The Morgan fingerprint density at radius 1 is 1.34 bits per heavy atom. The summed E-state index contributed by atoms with van der Waals surface area (Å²) in [5.74, 6) is 1.90. The SMILES string of the molecule is C#Cc1cc(CNC(=O)/C=C\c2ccc(N3CCOCC3)nc2)cc(F)c1NS(C)(=O)=O. The highest BCUT2D eigenvalue weighted by Gasteiger charge is 2.14. The lowest BCUT2D eigenvalue weighted by atomic mass is 10.1. The van der Waals surface area contributed by atoms with Gasteiger partial charge in [0.05, 0.1) is 30.7 Å². The number of carbonyl (C=O) groups excluding carboxylic acids is 1. The van der Waals surface area contributed by atoms with E-state index in [1.165, 1.54) is 12.1 Å². The lowest BCUT2D eigenvalue weighted by Gasteiger charge is -2.27. The number of aromatic nitrogens is 1. The smallest absolute Gasteiger partial charge is 0.244 e. The van der Waals surface area contributed by atoms with Gasteiger partial charge in [-0.3, -0.25) is 9.52 Å². The van der Waals surface area contributed by atoms with Gasteiger partial charge in [0.15, 0.2) is 0 Å². The number of nitrogens with zero attached hydrogens (tertiary/aromatic N) is 2. The van der Waals surface area contributed by atoms with Crippen molar-refractivity contribution in [2.24, 2.45) is 0 Å². The second-order valence-electron chi connectivity index (χ2n) is 7.12. The number of halogens is 1. The van der Waals surface area contributed by atoms with Gasteiger partial charge in [0, 0.05) is 31.9 Å². The standard InChI is InChI=1S/C22H23FN4O4S/c1-3-18-12-17(13-19(23)22(18)26-32(2,29)30)15-25-21(28)7-5-16-4-6-20(24-14-16)27-8-10-31-11-9-27/h1,4-7,12-14,26H,8-11,15H2,2H3,(H,25,28)/b7-5-. The maximum absolute atomic E-state index is 14.3. The van der Waals surface area contributed by atoms with Crippen LogP contribution in [0.15, 0.2) is 36.5 Å². The third-order valence-corrected chi connectivity index (χ3v) is 5.17. The molecule has 32 heavy (non-hydrogen) atoms. The van der Waals surface area contributed by atoms with Gasteiger partial charge in [0.25, 0.3) is 0 Å². The fourth-order valence-electron chi connectivity index (χ4n) is 3.06. The summed E-state index contributed by atoms with van der Waals surface area (Å²) in [6.07, 6.45) is 10.9. The number of pyridine rings is 1. The highest BCUT2D eigenvalue weighted by Crippen LogP contribution is 2.22. The quantitative estimate of drug-likeness (QED) is 0.484. The van der Waals surface area contributed by atoms with Gasteiger partial charge in [0.1, 0.15) is 11.6 Å². The number of ether oxygens (including phenoxy) is 1. The number of amides is 1. The van der Waals surface area contributed by atoms with Gasteiger partial charge in [-0.2, -0.15) is 0 Å². The predicted molar refractivity (Wildman–Crippen MR) is 121 cm³/mol. The predicted octanol–water partition coefficient (Wildman–Crippen LogP) is 1.74. The molecule has 2 heterocycles. The van der Waals surface area contributed by atoms with E-state index in [1.807, 2.05) is 12.1 Å². The van der Waals surface area contributed by atoms with Crippen LogP contribution in [0.25, 0.3) is 6.08 Å². The molecule has 1 aliphatic rings. The molecule has 0 saturated carbocycles. The number of carbonyl (C=O) groups is 1. The van der Waals surface area contributed by atoms with E-state index < -0.39 is 15.8 Å². The first-order valence-electron chi connectivity index (χ1n) is 9.76. The van der Waals surface area contributed by atoms with Crippen molar-refractivity contribution in [1.82, 2.24) is 10.3 Å². The topological polar surface area (TPSA) is 101 Å². The number of hydrogen-bond acceptors (Lipinski definition) is 6. The van der Waals surface area contributed by atoms with Crippen LogP contribution in [0.4, 0.5) is 15.9 Å². The number of anilines is 2. The minimum Gasteiger partial charge on any atom is -0.378 e. The number of nitrogens with one attached hydrogen (secondary N) is 2. The van der Waals surface area contributed by atoms with E-state index in [2.05, 4.69) is 25.8 Å². The zero-order valence-electron chi connectivity index (χ0n) is 17.5. The van der Waals surface area contributed by atoms with Crippen LogP contribution in [-0.4, -0.2) is 51.9 Å². The molecule has 1 saturated heterocycles. The monoisotopic (exact) mass is 458 g/mol. The number of terminal acetylenes is 1. The molecule has 1 aromatic heterocycles. The molecule has 1 aromatic carbocycles. The molecule has 1 fully saturated rings. The Kier molecular flexibility index (Phi) is 7.45. The summed E-state index contributed by atoms with van der Waals surface area (Å²) in [6, 6.07) is 6.31. The van der Waals surface area contributed by atoms with Gasteiger partial charge in [-0.05, 0) is 41.5 Å². The molecule has 8 nitrogen and oxygen atoms in total. The van der Waals surface area contributed by atoms with Crippen molar-refractivity contribution in [3.8, 4) is 12.3 Å². The van der Waals surface area contributed by atoms with Crippen molar-refractivity contribution in [3.05, 3.63) is 59.0 Å². The van der Waals surface area contributed by atoms with Crippen molar-refractivity contribution in [2.75, 3.05) is 42.2 Å². The number of hydrogen-bond donors (Lipinski definition) is 2. The Balaban J connectivity index is 1.59. The van der Waals surface area contributed by atoms with Gasteiger partial charge < -0.3 is 15.0 Å². The molecule has 0 bridgehead atoms. The minimum atomic E-state index is -3.69. The first-order valence-corrected chi connectivity index (χ1v) is 11.7. The first-order chi connectivity index (χ1) is 15.2. The molecule has 0 aliphatic carbocycles. The van der Waals surface area contributed by atoms with E-state index in [0.29, 0.717) is 18.8 Å². The third kappa shape index (κ3) is 6.54. The molecule has 0 spiro atoms. The van der Waals surface area contributed by atoms with E-state index in [4.69, 9.17) is 11.2 Å². The van der Waals surface area contributed by atoms with Crippen LogP contribution in [0.3, 0.4) is 0 Å². The second-order valence-corrected chi connectivity index (χ2v) is 8.87. The Labute approximate surface area is 186 Å². The molecule has 10 heteroatoms. The summed E-state index contributed by atoms with van der Waals surface area (Å²) in [4.78, 5) is 18.7. The molecule has 1 amide bonds. The Morgan fingerprint density at radius 2 is 2.09 bits per heavy atom. The van der Waals surface area contributed by atoms with Crippen LogP contribution >= 0.6 is 0 Å². The zero-order valence-corrected chi connectivity index (χ0v) is 18.3. The summed E-state index contributed by atoms with van der Waals surface area (Å²) in [5, 5.41) is 2.64. The molecular weight excluding hydrogens is 435 g/mol. The van der Waals surface area contributed by atoms with Gasteiger partial charge in [-0.1, -0.05) is 5.92 Å². The van der Waals surface area contributed by atoms with Crippen LogP contribution in [-0.2, 0) is 26.1 Å². The van der Waals surface area contributed by atoms with Crippen LogP contribution in [0, 0.1) is 18.2 Å². The summed E-state index contributed by atoms with van der Waals surface area (Å²) in [5.41, 5.74) is 0.904. The van der Waals surface area contributed by atoms with E-state index in [9.17, 15) is 17.6 Å². The summed E-state index contributed by atoms with van der Waals surface area (Å²) < 4.78 is 44.5. The largest absolute Gasteiger partial charge is 0.378 e. The van der Waals surface area contributed by atoms with Gasteiger partial charge in [-0.25, -0.2) is 17.8 Å². The number of benzene rings is 1. The average molecular weight is 459 g/mol. The van der Waals surface area contributed by atoms with Gasteiger partial charge in [0.2, 0.25) is 15.9 Å². The summed E-state index contributed by atoms with van der Waals surface area (Å²) >= 11 is 0. The molecule has 3 rings (SSSR count). The third-order valence-electron chi connectivity index (χ3n) is 4.59. The van der Waals surface area contributed by atoms with E-state index in [0.717, 1.165) is 36.8 Å². The average Bonchev–Trinajstić information content (AvgIpc) is 2.78.